The van der Waals surface area contributed by atoms with Crippen molar-refractivity contribution in [1.29, 1.82) is 0 Å². The van der Waals surface area contributed by atoms with E-state index in [4.69, 9.17) is 9.26 Å². The topological polar surface area (TPSA) is 52.3 Å². The first kappa shape index (κ1) is 12.5. The molecule has 0 saturated heterocycles. The van der Waals surface area contributed by atoms with Crippen molar-refractivity contribution in [3.63, 3.8) is 0 Å². The van der Waals surface area contributed by atoms with Gasteiger partial charge in [0.2, 0.25) is 0 Å². The van der Waals surface area contributed by atoms with E-state index < -0.39 is 0 Å². The average molecular weight is 223 g/mol. The summed E-state index contributed by atoms with van der Waals surface area (Å²) in [7, 11) is 0. The number of allylic oxidation sites excluding steroid dienone is 1. The minimum atomic E-state index is -0.196. The Hall–Kier alpha value is -1.58. The standard InChI is InChI=1S/C12H17NO3/c1-4-5-8-15-12(14)7-6-11-9(2)13-16-10(11)3/h4-5H,6-8H2,1-3H3/b5-4+. The largest absolute Gasteiger partial charge is 0.461 e. The van der Waals surface area contributed by atoms with Crippen molar-refractivity contribution < 1.29 is 14.1 Å². The maximum atomic E-state index is 11.3. The molecule has 0 bridgehead atoms. The van der Waals surface area contributed by atoms with Gasteiger partial charge >= 0.3 is 5.97 Å². The summed E-state index contributed by atoms with van der Waals surface area (Å²) in [5.41, 5.74) is 1.85. The minimum Gasteiger partial charge on any atom is -0.461 e. The minimum absolute atomic E-state index is 0.196. The predicted octanol–water partition coefficient (Wildman–Crippen LogP) is 2.34. The molecule has 1 heterocycles. The number of hydrogen-bond donors (Lipinski definition) is 0. The third-order valence-corrected chi connectivity index (χ3v) is 2.34. The van der Waals surface area contributed by atoms with Gasteiger partial charge in [-0.1, -0.05) is 17.3 Å². The number of aromatic nitrogens is 1. The zero-order valence-corrected chi connectivity index (χ0v) is 9.95. The highest BCUT2D eigenvalue weighted by Crippen LogP contribution is 2.14. The normalized spacial score (nSPS) is 10.9. The smallest absolute Gasteiger partial charge is 0.306 e. The van der Waals surface area contributed by atoms with Gasteiger partial charge in [0.15, 0.2) is 0 Å². The van der Waals surface area contributed by atoms with E-state index in [-0.39, 0.29) is 5.97 Å². The number of esters is 1. The quantitative estimate of drug-likeness (QED) is 0.568. The molecule has 0 aliphatic heterocycles. The molecule has 4 nitrogen and oxygen atoms in total. The second kappa shape index (κ2) is 6.10. The van der Waals surface area contributed by atoms with E-state index in [1.807, 2.05) is 26.8 Å². The van der Waals surface area contributed by atoms with Crippen LogP contribution in [0.25, 0.3) is 0 Å². The lowest BCUT2D eigenvalue weighted by Crippen LogP contribution is -2.06. The molecular weight excluding hydrogens is 206 g/mol. The Kier molecular flexibility index (Phi) is 4.76. The van der Waals surface area contributed by atoms with E-state index in [0.29, 0.717) is 19.4 Å². The van der Waals surface area contributed by atoms with E-state index >= 15 is 0 Å². The molecule has 0 aliphatic carbocycles. The molecule has 0 amide bonds. The second-order valence-electron chi connectivity index (χ2n) is 3.55. The van der Waals surface area contributed by atoms with Crippen molar-refractivity contribution in [2.45, 2.75) is 33.6 Å². The fourth-order valence-corrected chi connectivity index (χ4v) is 1.40. The maximum Gasteiger partial charge on any atom is 0.306 e. The van der Waals surface area contributed by atoms with Gasteiger partial charge in [0.05, 0.1) is 5.69 Å². The summed E-state index contributed by atoms with van der Waals surface area (Å²) in [5.74, 6) is 0.580. The summed E-state index contributed by atoms with van der Waals surface area (Å²) in [5, 5.41) is 3.83. The number of rotatable bonds is 5. The van der Waals surface area contributed by atoms with Crippen LogP contribution in [0.3, 0.4) is 0 Å². The molecule has 0 radical (unpaired) electrons. The first-order valence-corrected chi connectivity index (χ1v) is 5.33. The second-order valence-corrected chi connectivity index (χ2v) is 3.55. The molecule has 0 saturated carbocycles. The van der Waals surface area contributed by atoms with Crippen LogP contribution in [0, 0.1) is 13.8 Å². The lowest BCUT2D eigenvalue weighted by Gasteiger charge is -2.01. The van der Waals surface area contributed by atoms with Crippen molar-refractivity contribution >= 4 is 5.97 Å². The fourth-order valence-electron chi connectivity index (χ4n) is 1.40. The Bertz CT molecular complexity index is 360. The van der Waals surface area contributed by atoms with Gasteiger partial charge in [0, 0.05) is 12.0 Å². The van der Waals surface area contributed by atoms with Gasteiger partial charge in [-0.2, -0.15) is 0 Å². The predicted molar refractivity (Wildman–Crippen MR) is 60.1 cm³/mol. The van der Waals surface area contributed by atoms with E-state index in [0.717, 1.165) is 17.0 Å². The van der Waals surface area contributed by atoms with Crippen LogP contribution in [0.5, 0.6) is 0 Å². The van der Waals surface area contributed by atoms with Crippen LogP contribution in [-0.2, 0) is 16.0 Å². The van der Waals surface area contributed by atoms with Crippen LogP contribution in [0.15, 0.2) is 16.7 Å². The van der Waals surface area contributed by atoms with E-state index in [2.05, 4.69) is 5.16 Å². The molecule has 0 aliphatic rings. The Labute approximate surface area is 95.3 Å². The van der Waals surface area contributed by atoms with Gasteiger partial charge in [-0.3, -0.25) is 4.79 Å². The highest BCUT2D eigenvalue weighted by molar-refractivity contribution is 5.69. The third kappa shape index (κ3) is 3.53. The highest BCUT2D eigenvalue weighted by Gasteiger charge is 2.11. The zero-order chi connectivity index (χ0) is 12.0. The first-order chi connectivity index (χ1) is 7.65. The third-order valence-electron chi connectivity index (χ3n) is 2.34. The Balaban J connectivity index is 2.37. The summed E-state index contributed by atoms with van der Waals surface area (Å²) in [6.45, 7) is 5.95. The van der Waals surface area contributed by atoms with Crippen molar-refractivity contribution in [3.05, 3.63) is 29.2 Å². The molecule has 0 spiro atoms. The molecule has 0 unspecified atom stereocenters. The molecule has 1 rings (SSSR count). The van der Waals surface area contributed by atoms with Gasteiger partial charge < -0.3 is 9.26 Å². The van der Waals surface area contributed by atoms with Gasteiger partial charge in [0.25, 0.3) is 0 Å². The summed E-state index contributed by atoms with van der Waals surface area (Å²) < 4.78 is 10.00. The van der Waals surface area contributed by atoms with Gasteiger partial charge in [-0.15, -0.1) is 0 Å². The van der Waals surface area contributed by atoms with E-state index in [1.54, 1.807) is 6.08 Å². The fraction of sp³-hybridized carbons (Fsp3) is 0.500. The number of hydrogen-bond acceptors (Lipinski definition) is 4. The van der Waals surface area contributed by atoms with Crippen LogP contribution < -0.4 is 0 Å². The van der Waals surface area contributed by atoms with Crippen LogP contribution in [-0.4, -0.2) is 17.7 Å². The molecule has 0 N–H and O–H groups in total. The molecular formula is C12H17NO3. The Morgan fingerprint density at radius 1 is 1.50 bits per heavy atom. The monoisotopic (exact) mass is 223 g/mol. The van der Waals surface area contributed by atoms with Crippen LogP contribution >= 0.6 is 0 Å². The number of carbonyl (C=O) groups is 1. The molecule has 0 fully saturated rings. The maximum absolute atomic E-state index is 11.3. The summed E-state index contributed by atoms with van der Waals surface area (Å²) >= 11 is 0. The number of ether oxygens (including phenoxy) is 1. The highest BCUT2D eigenvalue weighted by atomic mass is 16.5. The van der Waals surface area contributed by atoms with Crippen LogP contribution in [0.1, 0.15) is 30.4 Å². The number of carbonyl (C=O) groups excluding carboxylic acids is 1. The van der Waals surface area contributed by atoms with E-state index in [1.165, 1.54) is 0 Å². The lowest BCUT2D eigenvalue weighted by molar-refractivity contribution is -0.142. The molecule has 88 valence electrons. The summed E-state index contributed by atoms with van der Waals surface area (Å²) in [4.78, 5) is 11.3. The Morgan fingerprint density at radius 2 is 2.25 bits per heavy atom. The molecule has 0 atom stereocenters. The number of nitrogens with zero attached hydrogens (tertiary/aromatic N) is 1. The van der Waals surface area contributed by atoms with Crippen molar-refractivity contribution in [3.8, 4) is 0 Å². The summed E-state index contributed by atoms with van der Waals surface area (Å²) in [6.07, 6.45) is 4.63. The van der Waals surface area contributed by atoms with Crippen molar-refractivity contribution in [2.75, 3.05) is 6.61 Å². The zero-order valence-electron chi connectivity index (χ0n) is 9.95. The van der Waals surface area contributed by atoms with Gasteiger partial charge in [0.1, 0.15) is 12.4 Å². The Morgan fingerprint density at radius 3 is 2.81 bits per heavy atom. The van der Waals surface area contributed by atoms with Crippen molar-refractivity contribution in [1.82, 2.24) is 5.16 Å². The molecule has 0 aromatic carbocycles. The lowest BCUT2D eigenvalue weighted by atomic mass is 10.1. The SMILES string of the molecule is C/C=C/COC(=O)CCc1c(C)noc1C. The van der Waals surface area contributed by atoms with Crippen LogP contribution in [0.2, 0.25) is 0 Å². The van der Waals surface area contributed by atoms with Crippen LogP contribution in [0.4, 0.5) is 0 Å². The summed E-state index contributed by atoms with van der Waals surface area (Å²) in [6, 6.07) is 0. The first-order valence-electron chi connectivity index (χ1n) is 5.33. The van der Waals surface area contributed by atoms with E-state index in [9.17, 15) is 4.79 Å². The van der Waals surface area contributed by atoms with Gasteiger partial charge in [-0.05, 0) is 27.2 Å². The molecule has 1 aromatic rings. The molecule has 1 aromatic heterocycles. The van der Waals surface area contributed by atoms with Crippen molar-refractivity contribution in [2.24, 2.45) is 0 Å². The average Bonchev–Trinajstić information content (AvgIpc) is 2.57. The molecule has 4 heteroatoms. The molecule has 16 heavy (non-hydrogen) atoms. The van der Waals surface area contributed by atoms with Gasteiger partial charge in [-0.25, -0.2) is 0 Å². The number of aryl methyl sites for hydroxylation is 2.